The van der Waals surface area contributed by atoms with Crippen LogP contribution in [0, 0.1) is 4.77 Å². The number of nitrogens with one attached hydrogen (secondary N) is 1. The molecule has 0 radical (unpaired) electrons. The van der Waals surface area contributed by atoms with E-state index in [1.807, 2.05) is 11.6 Å². The molecule has 0 aliphatic heterocycles. The molecule has 1 N–H and O–H groups in total. The maximum atomic E-state index is 5.88. The van der Waals surface area contributed by atoms with E-state index >= 15 is 0 Å². The third kappa shape index (κ3) is 1.37. The Morgan fingerprint density at radius 2 is 1.92 bits per heavy atom. The van der Waals surface area contributed by atoms with Gasteiger partial charge in [-0.2, -0.15) is 0 Å². The normalized spacial score (nSPS) is 11.0. The van der Waals surface area contributed by atoms with Crippen LogP contribution < -0.4 is 0 Å². The molecule has 2 rings (SSSR count). The maximum absolute atomic E-state index is 5.88. The number of aromatic amines is 1. The van der Waals surface area contributed by atoms with Crippen molar-refractivity contribution in [3.8, 4) is 0 Å². The number of hydrogen-bond acceptors (Lipinski definition) is 1. The molecule has 0 aliphatic carbocycles. The van der Waals surface area contributed by atoms with Crippen molar-refractivity contribution in [3.63, 3.8) is 0 Å². The van der Waals surface area contributed by atoms with E-state index in [1.54, 1.807) is 12.1 Å². The van der Waals surface area contributed by atoms with Crippen LogP contribution in [0.4, 0.5) is 0 Å². The Balaban J connectivity index is 2.97. The molecule has 5 heteroatoms. The van der Waals surface area contributed by atoms with E-state index in [9.17, 15) is 0 Å². The van der Waals surface area contributed by atoms with Crippen molar-refractivity contribution in [2.75, 3.05) is 0 Å². The summed E-state index contributed by atoms with van der Waals surface area (Å²) in [4.78, 5) is 3.03. The summed E-state index contributed by atoms with van der Waals surface area (Å²) in [6.45, 7) is 0. The molecular weight excluding hydrogens is 227 g/mol. The van der Waals surface area contributed by atoms with Crippen molar-refractivity contribution in [2.45, 2.75) is 0 Å². The van der Waals surface area contributed by atoms with Crippen molar-refractivity contribution in [1.29, 1.82) is 0 Å². The minimum absolute atomic E-state index is 0.533. The number of rotatable bonds is 0. The van der Waals surface area contributed by atoms with E-state index < -0.39 is 0 Å². The van der Waals surface area contributed by atoms with Gasteiger partial charge in [-0.05, 0) is 24.4 Å². The number of halogens is 2. The summed E-state index contributed by atoms with van der Waals surface area (Å²) >= 11 is 16.8. The van der Waals surface area contributed by atoms with E-state index in [-0.39, 0.29) is 0 Å². The van der Waals surface area contributed by atoms with Gasteiger partial charge in [0.2, 0.25) is 0 Å². The van der Waals surface area contributed by atoms with Gasteiger partial charge in [0.15, 0.2) is 4.77 Å². The monoisotopic (exact) mass is 232 g/mol. The highest BCUT2D eigenvalue weighted by Crippen LogP contribution is 2.26. The number of imidazole rings is 1. The Hall–Kier alpha value is -0.510. The molecule has 0 atom stereocenters. The lowest BCUT2D eigenvalue weighted by molar-refractivity contribution is 0.927. The van der Waals surface area contributed by atoms with Gasteiger partial charge in [0.05, 0.1) is 21.1 Å². The van der Waals surface area contributed by atoms with Crippen LogP contribution in [-0.2, 0) is 7.05 Å². The zero-order valence-electron chi connectivity index (χ0n) is 6.77. The molecule has 0 aliphatic rings. The third-order valence-corrected chi connectivity index (χ3v) is 3.04. The summed E-state index contributed by atoms with van der Waals surface area (Å²) in [5.74, 6) is 0. The largest absolute Gasteiger partial charge is 0.331 e. The van der Waals surface area contributed by atoms with Crippen molar-refractivity contribution in [1.82, 2.24) is 9.55 Å². The summed E-state index contributed by atoms with van der Waals surface area (Å²) in [5, 5.41) is 1.07. The molecule has 68 valence electrons. The van der Waals surface area contributed by atoms with Crippen LogP contribution in [0.1, 0.15) is 0 Å². The molecule has 0 fully saturated rings. The lowest BCUT2D eigenvalue weighted by Crippen LogP contribution is -1.85. The third-order valence-electron chi connectivity index (χ3n) is 1.95. The van der Waals surface area contributed by atoms with E-state index in [0.29, 0.717) is 14.8 Å². The molecule has 2 nitrogen and oxygen atoms in total. The summed E-state index contributed by atoms with van der Waals surface area (Å²) in [5.41, 5.74) is 1.86. The SMILES string of the molecule is Cn1c(=S)[nH]c2cc(Cl)c(Cl)cc21. The topological polar surface area (TPSA) is 20.7 Å². The van der Waals surface area contributed by atoms with Crippen LogP contribution in [0.2, 0.25) is 10.0 Å². The van der Waals surface area contributed by atoms with Crippen molar-refractivity contribution in [3.05, 3.63) is 26.9 Å². The van der Waals surface area contributed by atoms with Gasteiger partial charge in [-0.1, -0.05) is 23.2 Å². The molecule has 1 heterocycles. The van der Waals surface area contributed by atoms with Gasteiger partial charge in [-0.15, -0.1) is 0 Å². The lowest BCUT2D eigenvalue weighted by atomic mass is 10.3. The van der Waals surface area contributed by atoms with E-state index in [0.717, 1.165) is 11.0 Å². The molecular formula is C8H6Cl2N2S. The molecule has 1 aromatic carbocycles. The summed E-state index contributed by atoms with van der Waals surface area (Å²) in [7, 11) is 1.88. The van der Waals surface area contributed by atoms with Crippen LogP contribution in [0.15, 0.2) is 12.1 Å². The number of benzene rings is 1. The number of hydrogen-bond donors (Lipinski definition) is 1. The second-order valence-electron chi connectivity index (χ2n) is 2.77. The van der Waals surface area contributed by atoms with Gasteiger partial charge in [0, 0.05) is 7.05 Å². The van der Waals surface area contributed by atoms with E-state index in [1.165, 1.54) is 0 Å². The Bertz CT molecular complexity index is 527. The Labute approximate surface area is 90.1 Å². The van der Waals surface area contributed by atoms with Gasteiger partial charge >= 0.3 is 0 Å². The number of aromatic nitrogens is 2. The Kier molecular flexibility index (Phi) is 2.10. The standard InChI is InChI=1S/C8H6Cl2N2S/c1-12-7-3-5(10)4(9)2-6(7)11-8(12)13/h2-3H,1H3,(H,11,13). The highest BCUT2D eigenvalue weighted by molar-refractivity contribution is 7.71. The minimum Gasteiger partial charge on any atom is -0.331 e. The second-order valence-corrected chi connectivity index (χ2v) is 3.97. The first-order chi connectivity index (χ1) is 6.09. The predicted molar refractivity (Wildman–Crippen MR) is 58.1 cm³/mol. The number of H-pyrrole nitrogens is 1. The molecule has 13 heavy (non-hydrogen) atoms. The quantitative estimate of drug-likeness (QED) is 0.690. The fourth-order valence-electron chi connectivity index (χ4n) is 1.22. The molecule has 0 spiro atoms. The predicted octanol–water partition coefficient (Wildman–Crippen LogP) is 3.54. The molecule has 0 saturated heterocycles. The lowest BCUT2D eigenvalue weighted by Gasteiger charge is -1.97. The van der Waals surface area contributed by atoms with Crippen molar-refractivity contribution < 1.29 is 0 Å². The Morgan fingerprint density at radius 1 is 1.31 bits per heavy atom. The molecule has 0 saturated carbocycles. The molecule has 0 bridgehead atoms. The minimum atomic E-state index is 0.533. The molecule has 0 amide bonds. The maximum Gasteiger partial charge on any atom is 0.177 e. The zero-order valence-corrected chi connectivity index (χ0v) is 9.09. The van der Waals surface area contributed by atoms with E-state index in [2.05, 4.69) is 4.98 Å². The average molecular weight is 233 g/mol. The molecule has 1 aromatic heterocycles. The van der Waals surface area contributed by atoms with Crippen LogP contribution >= 0.6 is 35.4 Å². The van der Waals surface area contributed by atoms with E-state index in [4.69, 9.17) is 35.4 Å². The Morgan fingerprint density at radius 3 is 2.62 bits per heavy atom. The summed E-state index contributed by atoms with van der Waals surface area (Å²) < 4.78 is 2.51. The number of aryl methyl sites for hydroxylation is 1. The molecule has 2 aromatic rings. The average Bonchev–Trinajstić information content (AvgIpc) is 2.32. The van der Waals surface area contributed by atoms with Crippen LogP contribution in [0.5, 0.6) is 0 Å². The van der Waals surface area contributed by atoms with Gasteiger partial charge in [0.1, 0.15) is 0 Å². The van der Waals surface area contributed by atoms with Gasteiger partial charge < -0.3 is 9.55 Å². The zero-order chi connectivity index (χ0) is 9.59. The van der Waals surface area contributed by atoms with Crippen LogP contribution in [-0.4, -0.2) is 9.55 Å². The second kappa shape index (κ2) is 3.01. The van der Waals surface area contributed by atoms with Crippen LogP contribution in [0.3, 0.4) is 0 Å². The number of nitrogens with zero attached hydrogens (tertiary/aromatic N) is 1. The first kappa shape index (κ1) is 9.06. The summed E-state index contributed by atoms with van der Waals surface area (Å²) in [6.07, 6.45) is 0. The van der Waals surface area contributed by atoms with Gasteiger partial charge in [-0.3, -0.25) is 0 Å². The van der Waals surface area contributed by atoms with Gasteiger partial charge in [0.25, 0.3) is 0 Å². The highest BCUT2D eigenvalue weighted by Gasteiger charge is 2.04. The summed E-state index contributed by atoms with van der Waals surface area (Å²) in [6, 6.07) is 3.57. The fourth-order valence-corrected chi connectivity index (χ4v) is 1.75. The number of fused-ring (bicyclic) bond motifs is 1. The highest BCUT2D eigenvalue weighted by atomic mass is 35.5. The molecule has 0 unspecified atom stereocenters. The fraction of sp³-hybridized carbons (Fsp3) is 0.125. The van der Waals surface area contributed by atoms with Gasteiger partial charge in [-0.25, -0.2) is 0 Å². The van der Waals surface area contributed by atoms with Crippen molar-refractivity contribution in [2.24, 2.45) is 7.05 Å². The first-order valence-corrected chi connectivity index (χ1v) is 4.80. The first-order valence-electron chi connectivity index (χ1n) is 3.63. The van der Waals surface area contributed by atoms with Crippen molar-refractivity contribution >= 4 is 46.5 Å². The smallest absolute Gasteiger partial charge is 0.177 e. The van der Waals surface area contributed by atoms with Crippen LogP contribution in [0.25, 0.3) is 11.0 Å².